The van der Waals surface area contributed by atoms with E-state index in [1.807, 2.05) is 0 Å². The molecule has 0 spiro atoms. The normalized spacial score (nSPS) is 12.2. The Morgan fingerprint density at radius 3 is 2.40 bits per heavy atom. The van der Waals surface area contributed by atoms with Crippen LogP contribution in [0.25, 0.3) is 11.1 Å². The third kappa shape index (κ3) is 3.89. The van der Waals surface area contributed by atoms with Crippen LogP contribution in [0.1, 0.15) is 16.7 Å². The van der Waals surface area contributed by atoms with Gasteiger partial charge in [-0.3, -0.25) is 0 Å². The van der Waals surface area contributed by atoms with Crippen LogP contribution in [0.5, 0.6) is 0 Å². The van der Waals surface area contributed by atoms with Gasteiger partial charge in [-0.05, 0) is 37.6 Å². The topological polar surface area (TPSA) is 63.4 Å². The molecule has 25 heavy (non-hydrogen) atoms. The first-order valence-corrected chi connectivity index (χ1v) is 10.2. The minimum Gasteiger partial charge on any atom is -0.431 e. The number of rotatable bonds is 5. The van der Waals surface area contributed by atoms with E-state index in [4.69, 9.17) is 4.42 Å². The molecular weight excluding hydrogens is 356 g/mol. The van der Waals surface area contributed by atoms with E-state index in [-0.39, 0.29) is 4.90 Å². The fraction of sp³-hybridized carbons (Fsp3) is 0.278. The third-order valence-electron chi connectivity index (χ3n) is 3.76. The van der Waals surface area contributed by atoms with Crippen LogP contribution in [-0.2, 0) is 15.8 Å². The molecule has 2 aromatic carbocycles. The summed E-state index contributed by atoms with van der Waals surface area (Å²) in [6.45, 7) is 4.15. The van der Waals surface area contributed by atoms with Crippen LogP contribution in [-0.4, -0.2) is 31.8 Å². The van der Waals surface area contributed by atoms with Gasteiger partial charge in [0.2, 0.25) is 10.0 Å². The fourth-order valence-electron chi connectivity index (χ4n) is 2.62. The SMILES string of the molecule is Cc1cc(C)cc(CSc2nc3cc(S(=O)(=O)N(C)C)ccc3o2)c1. The summed E-state index contributed by atoms with van der Waals surface area (Å²) in [5.74, 6) is 0.748. The second-order valence-corrected chi connectivity index (χ2v) is 9.26. The van der Waals surface area contributed by atoms with Crippen molar-refractivity contribution in [2.75, 3.05) is 14.1 Å². The Balaban J connectivity index is 1.84. The fourth-order valence-corrected chi connectivity index (χ4v) is 4.31. The molecule has 0 aliphatic carbocycles. The second-order valence-electron chi connectivity index (χ2n) is 6.18. The second kappa shape index (κ2) is 6.82. The average molecular weight is 377 g/mol. The van der Waals surface area contributed by atoms with Gasteiger partial charge in [-0.1, -0.05) is 41.1 Å². The molecule has 7 heteroatoms. The lowest BCUT2D eigenvalue weighted by Gasteiger charge is -2.10. The Morgan fingerprint density at radius 2 is 1.76 bits per heavy atom. The molecule has 0 N–H and O–H groups in total. The maximum absolute atomic E-state index is 12.2. The van der Waals surface area contributed by atoms with Crippen LogP contribution in [0.4, 0.5) is 0 Å². The molecule has 0 aliphatic heterocycles. The van der Waals surface area contributed by atoms with Gasteiger partial charge in [-0.15, -0.1) is 0 Å². The molecule has 3 rings (SSSR count). The molecular formula is C18H20N2O3S2. The van der Waals surface area contributed by atoms with Crippen LogP contribution < -0.4 is 0 Å². The highest BCUT2D eigenvalue weighted by molar-refractivity contribution is 7.98. The minimum atomic E-state index is -3.48. The van der Waals surface area contributed by atoms with Gasteiger partial charge in [0.15, 0.2) is 5.58 Å². The zero-order valence-electron chi connectivity index (χ0n) is 14.6. The van der Waals surface area contributed by atoms with Crippen molar-refractivity contribution in [1.29, 1.82) is 0 Å². The number of benzene rings is 2. The molecule has 0 amide bonds. The summed E-state index contributed by atoms with van der Waals surface area (Å²) in [6.07, 6.45) is 0. The molecule has 0 radical (unpaired) electrons. The summed E-state index contributed by atoms with van der Waals surface area (Å²) >= 11 is 1.50. The van der Waals surface area contributed by atoms with Gasteiger partial charge in [0, 0.05) is 19.8 Å². The average Bonchev–Trinajstić information content (AvgIpc) is 2.93. The van der Waals surface area contributed by atoms with Crippen LogP contribution in [0, 0.1) is 13.8 Å². The van der Waals surface area contributed by atoms with Crippen molar-refractivity contribution in [3.8, 4) is 0 Å². The molecule has 3 aromatic rings. The number of fused-ring (bicyclic) bond motifs is 1. The molecule has 0 saturated carbocycles. The number of hydrogen-bond acceptors (Lipinski definition) is 5. The smallest absolute Gasteiger partial charge is 0.257 e. The van der Waals surface area contributed by atoms with Crippen molar-refractivity contribution >= 4 is 32.9 Å². The van der Waals surface area contributed by atoms with Crippen molar-refractivity contribution in [3.05, 3.63) is 53.1 Å². The number of aromatic nitrogens is 1. The van der Waals surface area contributed by atoms with E-state index < -0.39 is 10.0 Å². The molecule has 0 saturated heterocycles. The Hall–Kier alpha value is -1.83. The van der Waals surface area contributed by atoms with Crippen molar-refractivity contribution in [3.63, 3.8) is 0 Å². The Kier molecular flexibility index (Phi) is 4.90. The lowest BCUT2D eigenvalue weighted by atomic mass is 10.1. The zero-order valence-corrected chi connectivity index (χ0v) is 16.2. The Morgan fingerprint density at radius 1 is 1.08 bits per heavy atom. The lowest BCUT2D eigenvalue weighted by molar-refractivity contribution is 0.489. The van der Waals surface area contributed by atoms with Crippen molar-refractivity contribution < 1.29 is 12.8 Å². The summed E-state index contributed by atoms with van der Waals surface area (Å²) in [6, 6.07) is 11.2. The molecule has 1 heterocycles. The number of aryl methyl sites for hydroxylation is 2. The van der Waals surface area contributed by atoms with Crippen molar-refractivity contribution in [2.45, 2.75) is 29.7 Å². The number of thioether (sulfide) groups is 1. The van der Waals surface area contributed by atoms with Crippen LogP contribution in [0.15, 0.2) is 50.9 Å². The number of nitrogens with zero attached hydrogens (tertiary/aromatic N) is 2. The largest absolute Gasteiger partial charge is 0.431 e. The molecule has 0 fully saturated rings. The summed E-state index contributed by atoms with van der Waals surface area (Å²) in [5.41, 5.74) is 4.80. The summed E-state index contributed by atoms with van der Waals surface area (Å²) in [4.78, 5) is 4.63. The Labute approximate surface area is 152 Å². The first-order chi connectivity index (χ1) is 11.8. The first kappa shape index (κ1) is 18.0. The molecule has 5 nitrogen and oxygen atoms in total. The zero-order chi connectivity index (χ0) is 18.2. The number of oxazole rings is 1. The van der Waals surface area contributed by atoms with Crippen molar-refractivity contribution in [2.24, 2.45) is 0 Å². The van der Waals surface area contributed by atoms with E-state index in [9.17, 15) is 8.42 Å². The van der Waals surface area contributed by atoms with Crippen LogP contribution >= 0.6 is 11.8 Å². The van der Waals surface area contributed by atoms with E-state index in [1.54, 1.807) is 18.2 Å². The first-order valence-electron chi connectivity index (χ1n) is 7.79. The summed E-state index contributed by atoms with van der Waals surface area (Å²) in [5, 5.41) is 0.536. The lowest BCUT2D eigenvalue weighted by Crippen LogP contribution is -2.22. The van der Waals surface area contributed by atoms with Gasteiger partial charge >= 0.3 is 0 Å². The predicted molar refractivity (Wildman–Crippen MR) is 100 cm³/mol. The highest BCUT2D eigenvalue weighted by Crippen LogP contribution is 2.28. The summed E-state index contributed by atoms with van der Waals surface area (Å²) in [7, 11) is -0.464. The molecule has 1 aromatic heterocycles. The summed E-state index contributed by atoms with van der Waals surface area (Å²) < 4.78 is 31.3. The van der Waals surface area contributed by atoms with Gasteiger partial charge in [0.25, 0.3) is 5.22 Å². The van der Waals surface area contributed by atoms with Crippen LogP contribution in [0.3, 0.4) is 0 Å². The Bertz CT molecular complexity index is 1000. The van der Waals surface area contributed by atoms with E-state index >= 15 is 0 Å². The molecule has 132 valence electrons. The molecule has 0 atom stereocenters. The number of hydrogen-bond donors (Lipinski definition) is 0. The maximum atomic E-state index is 12.2. The van der Waals surface area contributed by atoms with Gasteiger partial charge < -0.3 is 4.42 Å². The molecule has 0 bridgehead atoms. The van der Waals surface area contributed by atoms with Crippen molar-refractivity contribution in [1.82, 2.24) is 9.29 Å². The highest BCUT2D eigenvalue weighted by atomic mass is 32.2. The van der Waals surface area contributed by atoms with Gasteiger partial charge in [-0.2, -0.15) is 0 Å². The third-order valence-corrected chi connectivity index (χ3v) is 6.47. The highest BCUT2D eigenvalue weighted by Gasteiger charge is 2.19. The minimum absolute atomic E-state index is 0.212. The van der Waals surface area contributed by atoms with Gasteiger partial charge in [0.1, 0.15) is 5.52 Å². The van der Waals surface area contributed by atoms with E-state index in [0.717, 1.165) is 5.75 Å². The van der Waals surface area contributed by atoms with E-state index in [1.165, 1.54) is 46.9 Å². The quantitative estimate of drug-likeness (QED) is 0.630. The number of sulfonamides is 1. The molecule has 0 unspecified atom stereocenters. The van der Waals surface area contributed by atoms with Gasteiger partial charge in [0.05, 0.1) is 4.90 Å². The van der Waals surface area contributed by atoms with Crippen LogP contribution in [0.2, 0.25) is 0 Å². The predicted octanol–water partition coefficient (Wildman–Crippen LogP) is 3.99. The van der Waals surface area contributed by atoms with Gasteiger partial charge in [-0.25, -0.2) is 17.7 Å². The maximum Gasteiger partial charge on any atom is 0.257 e. The monoisotopic (exact) mass is 376 g/mol. The van der Waals surface area contributed by atoms with E-state index in [2.05, 4.69) is 37.0 Å². The van der Waals surface area contributed by atoms with E-state index in [0.29, 0.717) is 16.3 Å². The standard InChI is InChI=1S/C18H20N2O3S2/c1-12-7-13(2)9-14(8-12)11-24-18-19-16-10-15(5-6-17(16)23-18)25(21,22)20(3)4/h5-10H,11H2,1-4H3. The molecule has 0 aliphatic rings.